The Morgan fingerprint density at radius 3 is 2.29 bits per heavy atom. The predicted octanol–water partition coefficient (Wildman–Crippen LogP) is 2.96. The molecule has 0 amide bonds. The molecular weight excluding hydrogens is 230 g/mol. The number of rotatable bonds is 2. The normalized spacial score (nSPS) is 11.8. The zero-order chi connectivity index (χ0) is 12.3. The van der Waals surface area contributed by atoms with Crippen molar-refractivity contribution in [3.63, 3.8) is 0 Å². The second kappa shape index (κ2) is 4.94. The van der Waals surface area contributed by atoms with Gasteiger partial charge in [-0.15, -0.1) is 0 Å². The SMILES string of the molecule is C[S@](=O)c1ccc(-c2ccccc2C#N)cc1. The average molecular weight is 241 g/mol. The van der Waals surface area contributed by atoms with E-state index < -0.39 is 10.8 Å². The van der Waals surface area contributed by atoms with Crippen LogP contribution in [0.15, 0.2) is 53.4 Å². The maximum Gasteiger partial charge on any atom is 0.0998 e. The summed E-state index contributed by atoms with van der Waals surface area (Å²) in [6.07, 6.45) is 1.65. The van der Waals surface area contributed by atoms with E-state index in [0.29, 0.717) is 5.56 Å². The van der Waals surface area contributed by atoms with Gasteiger partial charge in [0, 0.05) is 22.0 Å². The molecule has 17 heavy (non-hydrogen) atoms. The van der Waals surface area contributed by atoms with E-state index >= 15 is 0 Å². The van der Waals surface area contributed by atoms with E-state index in [-0.39, 0.29) is 0 Å². The van der Waals surface area contributed by atoms with E-state index in [4.69, 9.17) is 5.26 Å². The van der Waals surface area contributed by atoms with E-state index in [1.165, 1.54) is 0 Å². The molecule has 0 heterocycles. The van der Waals surface area contributed by atoms with Gasteiger partial charge in [-0.3, -0.25) is 4.21 Å². The van der Waals surface area contributed by atoms with Crippen LogP contribution in [0.5, 0.6) is 0 Å². The molecule has 1 atom stereocenters. The molecule has 0 spiro atoms. The third-order valence-electron chi connectivity index (χ3n) is 2.54. The second-order valence-electron chi connectivity index (χ2n) is 3.64. The zero-order valence-electron chi connectivity index (χ0n) is 9.38. The molecule has 0 bridgehead atoms. The van der Waals surface area contributed by atoms with Crippen LogP contribution >= 0.6 is 0 Å². The molecule has 2 nitrogen and oxygen atoms in total. The van der Waals surface area contributed by atoms with Crippen LogP contribution in [0.2, 0.25) is 0 Å². The Labute approximate surface area is 103 Å². The van der Waals surface area contributed by atoms with Crippen molar-refractivity contribution in [2.45, 2.75) is 4.90 Å². The highest BCUT2D eigenvalue weighted by Crippen LogP contribution is 2.23. The summed E-state index contributed by atoms with van der Waals surface area (Å²) < 4.78 is 11.3. The molecule has 2 rings (SSSR count). The van der Waals surface area contributed by atoms with Crippen LogP contribution in [-0.4, -0.2) is 10.5 Å². The first kappa shape index (κ1) is 11.6. The highest BCUT2D eigenvalue weighted by Gasteiger charge is 2.04. The summed E-state index contributed by atoms with van der Waals surface area (Å²) >= 11 is 0. The van der Waals surface area contributed by atoms with E-state index in [2.05, 4.69) is 6.07 Å². The maximum absolute atomic E-state index is 11.3. The average Bonchev–Trinajstić information content (AvgIpc) is 2.39. The van der Waals surface area contributed by atoms with E-state index in [1.54, 1.807) is 12.3 Å². The second-order valence-corrected chi connectivity index (χ2v) is 5.02. The topological polar surface area (TPSA) is 40.9 Å². The molecular formula is C14H11NOS. The quantitative estimate of drug-likeness (QED) is 0.811. The minimum absolute atomic E-state index is 0.651. The fraction of sp³-hybridized carbons (Fsp3) is 0.0714. The maximum atomic E-state index is 11.3. The fourth-order valence-electron chi connectivity index (χ4n) is 1.66. The number of hydrogen-bond donors (Lipinski definition) is 0. The Kier molecular flexibility index (Phi) is 3.36. The van der Waals surface area contributed by atoms with Gasteiger partial charge in [-0.1, -0.05) is 30.3 Å². The largest absolute Gasteiger partial charge is 0.255 e. The van der Waals surface area contributed by atoms with Crippen LogP contribution in [-0.2, 0) is 10.8 Å². The molecule has 0 unspecified atom stereocenters. The Bertz CT molecular complexity index is 596. The van der Waals surface area contributed by atoms with Gasteiger partial charge >= 0.3 is 0 Å². The molecule has 0 saturated heterocycles. The molecule has 0 saturated carbocycles. The summed E-state index contributed by atoms with van der Waals surface area (Å²) in [4.78, 5) is 0.795. The minimum Gasteiger partial charge on any atom is -0.255 e. The van der Waals surface area contributed by atoms with Crippen molar-refractivity contribution < 1.29 is 4.21 Å². The van der Waals surface area contributed by atoms with Gasteiger partial charge in [0.15, 0.2) is 0 Å². The lowest BCUT2D eigenvalue weighted by atomic mass is 10.0. The molecule has 2 aromatic rings. The summed E-state index contributed by atoms with van der Waals surface area (Å²) in [5, 5.41) is 9.02. The summed E-state index contributed by atoms with van der Waals surface area (Å²) in [5.41, 5.74) is 2.53. The van der Waals surface area contributed by atoms with Gasteiger partial charge in [0.05, 0.1) is 11.6 Å². The molecule has 0 radical (unpaired) electrons. The standard InChI is InChI=1S/C14H11NOS/c1-17(16)13-8-6-11(7-9-13)14-5-3-2-4-12(14)10-15/h2-9H,1H3/t17-/m0/s1. The number of nitriles is 1. The lowest BCUT2D eigenvalue weighted by Gasteiger charge is -2.04. The minimum atomic E-state index is -0.966. The molecule has 0 aliphatic carbocycles. The molecule has 0 N–H and O–H groups in total. The third kappa shape index (κ3) is 2.43. The van der Waals surface area contributed by atoms with Gasteiger partial charge < -0.3 is 0 Å². The number of benzene rings is 2. The van der Waals surface area contributed by atoms with Crippen LogP contribution in [0.4, 0.5) is 0 Å². The highest BCUT2D eigenvalue weighted by atomic mass is 32.2. The lowest BCUT2D eigenvalue weighted by Crippen LogP contribution is -1.88. The molecule has 3 heteroatoms. The first-order valence-electron chi connectivity index (χ1n) is 5.15. The Hall–Kier alpha value is -1.92. The van der Waals surface area contributed by atoms with Crippen LogP contribution in [0, 0.1) is 11.3 Å². The van der Waals surface area contributed by atoms with Gasteiger partial charge in [0.25, 0.3) is 0 Å². The summed E-state index contributed by atoms with van der Waals surface area (Å²) in [6.45, 7) is 0. The van der Waals surface area contributed by atoms with E-state index in [0.717, 1.165) is 16.0 Å². The van der Waals surface area contributed by atoms with Gasteiger partial charge in [-0.2, -0.15) is 5.26 Å². The van der Waals surface area contributed by atoms with Crippen molar-refractivity contribution in [3.05, 3.63) is 54.1 Å². The molecule has 2 aromatic carbocycles. The summed E-state index contributed by atoms with van der Waals surface area (Å²) in [7, 11) is -0.966. The van der Waals surface area contributed by atoms with Crippen LogP contribution in [0.1, 0.15) is 5.56 Å². The number of nitrogens with zero attached hydrogens (tertiary/aromatic N) is 1. The van der Waals surface area contributed by atoms with Gasteiger partial charge in [-0.05, 0) is 29.3 Å². The highest BCUT2D eigenvalue weighted by molar-refractivity contribution is 7.84. The van der Waals surface area contributed by atoms with Crippen molar-refractivity contribution in [2.24, 2.45) is 0 Å². The first-order valence-corrected chi connectivity index (χ1v) is 6.71. The monoisotopic (exact) mass is 241 g/mol. The molecule has 0 fully saturated rings. The van der Waals surface area contributed by atoms with Gasteiger partial charge in [0.2, 0.25) is 0 Å². The molecule has 0 aromatic heterocycles. The summed E-state index contributed by atoms with van der Waals surface area (Å²) in [5.74, 6) is 0. The smallest absolute Gasteiger partial charge is 0.0998 e. The number of hydrogen-bond acceptors (Lipinski definition) is 2. The van der Waals surface area contributed by atoms with Crippen molar-refractivity contribution in [1.29, 1.82) is 5.26 Å². The Morgan fingerprint density at radius 1 is 1.06 bits per heavy atom. The summed E-state index contributed by atoms with van der Waals surface area (Å²) in [6, 6.07) is 17.1. The molecule has 84 valence electrons. The van der Waals surface area contributed by atoms with E-state index in [9.17, 15) is 4.21 Å². The zero-order valence-corrected chi connectivity index (χ0v) is 10.2. The van der Waals surface area contributed by atoms with Crippen molar-refractivity contribution >= 4 is 10.8 Å². The first-order chi connectivity index (χ1) is 8.22. The van der Waals surface area contributed by atoms with Crippen molar-refractivity contribution in [1.82, 2.24) is 0 Å². The van der Waals surface area contributed by atoms with Crippen LogP contribution in [0.25, 0.3) is 11.1 Å². The molecule has 0 aliphatic rings. The Morgan fingerprint density at radius 2 is 1.71 bits per heavy atom. The third-order valence-corrected chi connectivity index (χ3v) is 3.48. The lowest BCUT2D eigenvalue weighted by molar-refractivity contribution is 0.687. The molecule has 0 aliphatic heterocycles. The van der Waals surface area contributed by atoms with Crippen molar-refractivity contribution in [3.8, 4) is 17.2 Å². The van der Waals surface area contributed by atoms with Crippen LogP contribution < -0.4 is 0 Å². The van der Waals surface area contributed by atoms with Crippen LogP contribution in [0.3, 0.4) is 0 Å². The van der Waals surface area contributed by atoms with Gasteiger partial charge in [0.1, 0.15) is 0 Å². The van der Waals surface area contributed by atoms with Gasteiger partial charge in [-0.25, -0.2) is 0 Å². The predicted molar refractivity (Wildman–Crippen MR) is 68.9 cm³/mol. The Balaban J connectivity index is 2.47. The van der Waals surface area contributed by atoms with Crippen molar-refractivity contribution in [2.75, 3.05) is 6.26 Å². The van der Waals surface area contributed by atoms with E-state index in [1.807, 2.05) is 42.5 Å². The fourth-order valence-corrected chi connectivity index (χ4v) is 2.18.